The van der Waals surface area contributed by atoms with Crippen LogP contribution in [-0.4, -0.2) is 19.9 Å². The molecule has 0 aliphatic heterocycles. The number of rotatable bonds is 3. The largest absolute Gasteiger partial charge is 0.392 e. The van der Waals surface area contributed by atoms with Gasteiger partial charge in [0, 0.05) is 11.9 Å². The fourth-order valence-corrected chi connectivity index (χ4v) is 2.67. The van der Waals surface area contributed by atoms with Crippen LogP contribution in [0.3, 0.4) is 0 Å². The van der Waals surface area contributed by atoms with Crippen LogP contribution < -0.4 is 11.1 Å². The maximum absolute atomic E-state index is 11.3. The number of aliphatic hydroxyl groups is 1. The van der Waals surface area contributed by atoms with Crippen LogP contribution in [0, 0.1) is 0 Å². The van der Waals surface area contributed by atoms with E-state index in [9.17, 15) is 14.7 Å². The van der Waals surface area contributed by atoms with Crippen molar-refractivity contribution in [3.05, 3.63) is 49.5 Å². The lowest BCUT2D eigenvalue weighted by Crippen LogP contribution is -2.33. The molecule has 0 bridgehead atoms. The predicted molar refractivity (Wildman–Crippen MR) is 71.6 cm³/mol. The predicted octanol–water partition coefficient (Wildman–Crippen LogP) is 0.765. The van der Waals surface area contributed by atoms with E-state index in [2.05, 4.69) is 10.1 Å². The SMILES string of the molecule is Cn1[nH]c(=O)c(=O)nc1Sc1c(Cl)cccc1CO. The first-order chi connectivity index (χ1) is 9.02. The van der Waals surface area contributed by atoms with E-state index in [4.69, 9.17) is 11.6 Å². The second-order valence-electron chi connectivity index (χ2n) is 3.69. The Hall–Kier alpha value is -1.57. The standard InChI is InChI=1S/C11H10ClN3O3S/c1-15-11(13-9(17)10(18)14-15)19-8-6(5-16)3-2-4-7(8)12/h2-4,16H,5H2,1H3,(H,14,18). The van der Waals surface area contributed by atoms with Gasteiger partial charge < -0.3 is 5.11 Å². The first-order valence-electron chi connectivity index (χ1n) is 5.26. The van der Waals surface area contributed by atoms with Crippen molar-refractivity contribution < 1.29 is 5.11 Å². The van der Waals surface area contributed by atoms with Crippen LogP contribution in [0.4, 0.5) is 0 Å². The number of aromatic nitrogens is 3. The van der Waals surface area contributed by atoms with E-state index in [0.717, 1.165) is 11.8 Å². The van der Waals surface area contributed by atoms with Gasteiger partial charge >= 0.3 is 11.1 Å². The van der Waals surface area contributed by atoms with Crippen molar-refractivity contribution in [1.29, 1.82) is 0 Å². The van der Waals surface area contributed by atoms with Gasteiger partial charge in [0.2, 0.25) is 0 Å². The average molecular weight is 300 g/mol. The molecular weight excluding hydrogens is 290 g/mol. The number of aryl methyl sites for hydroxylation is 1. The number of H-pyrrole nitrogens is 1. The third-order valence-electron chi connectivity index (χ3n) is 2.36. The van der Waals surface area contributed by atoms with Gasteiger partial charge in [-0.2, -0.15) is 4.98 Å². The number of nitrogens with one attached hydrogen (secondary N) is 1. The molecule has 8 heteroatoms. The van der Waals surface area contributed by atoms with E-state index in [1.807, 2.05) is 0 Å². The summed E-state index contributed by atoms with van der Waals surface area (Å²) in [5.41, 5.74) is -1.02. The van der Waals surface area contributed by atoms with Crippen LogP contribution in [-0.2, 0) is 13.7 Å². The second-order valence-corrected chi connectivity index (χ2v) is 5.07. The van der Waals surface area contributed by atoms with E-state index in [1.54, 1.807) is 25.2 Å². The van der Waals surface area contributed by atoms with Crippen molar-refractivity contribution in [3.63, 3.8) is 0 Å². The Labute approximate surface area is 117 Å². The van der Waals surface area contributed by atoms with Gasteiger partial charge in [-0.05, 0) is 23.4 Å². The Morgan fingerprint density at radius 1 is 1.47 bits per heavy atom. The van der Waals surface area contributed by atoms with Crippen LogP contribution >= 0.6 is 23.4 Å². The first kappa shape index (κ1) is 13.9. The molecular formula is C11H10ClN3O3S. The van der Waals surface area contributed by atoms with Crippen molar-refractivity contribution in [2.45, 2.75) is 16.7 Å². The molecule has 0 fully saturated rings. The summed E-state index contributed by atoms with van der Waals surface area (Å²) < 4.78 is 1.33. The molecule has 1 aromatic heterocycles. The minimum atomic E-state index is -0.863. The summed E-state index contributed by atoms with van der Waals surface area (Å²) in [6.07, 6.45) is 0. The molecule has 2 aromatic rings. The minimum Gasteiger partial charge on any atom is -0.392 e. The number of hydrogen-bond acceptors (Lipinski definition) is 5. The van der Waals surface area contributed by atoms with E-state index in [0.29, 0.717) is 15.5 Å². The van der Waals surface area contributed by atoms with Gasteiger partial charge in [-0.3, -0.25) is 19.4 Å². The molecule has 1 heterocycles. The van der Waals surface area contributed by atoms with Gasteiger partial charge in [0.15, 0.2) is 5.16 Å². The van der Waals surface area contributed by atoms with E-state index < -0.39 is 11.1 Å². The molecule has 6 nitrogen and oxygen atoms in total. The van der Waals surface area contributed by atoms with Gasteiger partial charge in [0.25, 0.3) is 0 Å². The zero-order valence-corrected chi connectivity index (χ0v) is 11.5. The molecule has 0 saturated carbocycles. The van der Waals surface area contributed by atoms with Crippen molar-refractivity contribution in [2.24, 2.45) is 7.05 Å². The molecule has 0 unspecified atom stereocenters. The molecule has 0 atom stereocenters. The molecule has 0 radical (unpaired) electrons. The number of halogens is 1. The number of aromatic amines is 1. The maximum atomic E-state index is 11.3. The minimum absolute atomic E-state index is 0.180. The zero-order valence-electron chi connectivity index (χ0n) is 9.88. The molecule has 100 valence electrons. The van der Waals surface area contributed by atoms with Gasteiger partial charge in [-0.1, -0.05) is 23.7 Å². The van der Waals surface area contributed by atoms with Gasteiger partial charge in [-0.25, -0.2) is 0 Å². The highest BCUT2D eigenvalue weighted by Gasteiger charge is 2.12. The fraction of sp³-hybridized carbons (Fsp3) is 0.182. The molecule has 0 amide bonds. The van der Waals surface area contributed by atoms with Crippen LogP contribution in [0.1, 0.15) is 5.56 Å². The number of hydrogen-bond donors (Lipinski definition) is 2. The van der Waals surface area contributed by atoms with Crippen molar-refractivity contribution in [3.8, 4) is 0 Å². The quantitative estimate of drug-likeness (QED) is 0.817. The fourth-order valence-electron chi connectivity index (χ4n) is 1.44. The lowest BCUT2D eigenvalue weighted by atomic mass is 10.2. The third kappa shape index (κ3) is 2.89. The second kappa shape index (κ2) is 5.60. The molecule has 0 spiro atoms. The van der Waals surface area contributed by atoms with E-state index >= 15 is 0 Å². The van der Waals surface area contributed by atoms with Crippen LogP contribution in [0.25, 0.3) is 0 Å². The smallest absolute Gasteiger partial charge is 0.339 e. The summed E-state index contributed by atoms with van der Waals surface area (Å²) in [7, 11) is 1.56. The molecule has 2 N–H and O–H groups in total. The summed E-state index contributed by atoms with van der Waals surface area (Å²) in [6, 6.07) is 5.11. The Kier molecular flexibility index (Phi) is 4.08. The van der Waals surface area contributed by atoms with Crippen molar-refractivity contribution in [2.75, 3.05) is 0 Å². The average Bonchev–Trinajstić information content (AvgIpc) is 2.38. The molecule has 2 rings (SSSR count). The summed E-state index contributed by atoms with van der Waals surface area (Å²) in [5, 5.41) is 12.3. The monoisotopic (exact) mass is 299 g/mol. The highest BCUT2D eigenvalue weighted by atomic mass is 35.5. The number of aliphatic hydroxyl groups excluding tert-OH is 1. The topological polar surface area (TPSA) is 88.0 Å². The lowest BCUT2D eigenvalue weighted by Gasteiger charge is -2.10. The Bertz CT molecular complexity index is 726. The number of nitrogens with zero attached hydrogens (tertiary/aromatic N) is 2. The van der Waals surface area contributed by atoms with Crippen molar-refractivity contribution in [1.82, 2.24) is 14.8 Å². The van der Waals surface area contributed by atoms with Gasteiger partial charge in [0.05, 0.1) is 11.6 Å². The zero-order chi connectivity index (χ0) is 14.0. The molecule has 1 aromatic carbocycles. The Balaban J connectivity index is 2.50. The van der Waals surface area contributed by atoms with Crippen LogP contribution in [0.15, 0.2) is 37.8 Å². The maximum Gasteiger partial charge on any atom is 0.339 e. The van der Waals surface area contributed by atoms with E-state index in [1.165, 1.54) is 4.68 Å². The van der Waals surface area contributed by atoms with Gasteiger partial charge in [0.1, 0.15) is 0 Å². The van der Waals surface area contributed by atoms with Gasteiger partial charge in [-0.15, -0.1) is 0 Å². The summed E-state index contributed by atoms with van der Waals surface area (Å²) in [5.74, 6) is 0. The van der Waals surface area contributed by atoms with Crippen LogP contribution in [0.2, 0.25) is 5.02 Å². The highest BCUT2D eigenvalue weighted by Crippen LogP contribution is 2.34. The summed E-state index contributed by atoms with van der Waals surface area (Å²) in [6.45, 7) is -0.180. The Morgan fingerprint density at radius 3 is 2.89 bits per heavy atom. The third-order valence-corrected chi connectivity index (χ3v) is 4.02. The summed E-state index contributed by atoms with van der Waals surface area (Å²) >= 11 is 7.17. The molecule has 19 heavy (non-hydrogen) atoms. The molecule has 0 aliphatic rings. The molecule has 0 aliphatic carbocycles. The van der Waals surface area contributed by atoms with Crippen molar-refractivity contribution >= 4 is 23.4 Å². The number of benzene rings is 1. The van der Waals surface area contributed by atoms with Crippen LogP contribution in [0.5, 0.6) is 0 Å². The lowest BCUT2D eigenvalue weighted by molar-refractivity contribution is 0.279. The molecule has 0 saturated heterocycles. The first-order valence-corrected chi connectivity index (χ1v) is 6.46. The highest BCUT2D eigenvalue weighted by molar-refractivity contribution is 7.99. The summed E-state index contributed by atoms with van der Waals surface area (Å²) in [4.78, 5) is 26.6. The Morgan fingerprint density at radius 2 is 2.21 bits per heavy atom. The normalized spacial score (nSPS) is 10.7. The van der Waals surface area contributed by atoms with E-state index in [-0.39, 0.29) is 11.8 Å².